The van der Waals surface area contributed by atoms with Gasteiger partial charge in [-0.1, -0.05) is 44.0 Å². The molecule has 2 aromatic carbocycles. The number of benzene rings is 2. The Hall–Kier alpha value is -1.87. The molecular formula is C27H35FO2. The Morgan fingerprint density at radius 2 is 1.57 bits per heavy atom. The zero-order valence-corrected chi connectivity index (χ0v) is 18.6. The molecule has 2 fully saturated rings. The van der Waals surface area contributed by atoms with Crippen LogP contribution in [0.2, 0.25) is 0 Å². The van der Waals surface area contributed by atoms with Crippen molar-refractivity contribution in [2.45, 2.75) is 77.2 Å². The van der Waals surface area contributed by atoms with Gasteiger partial charge in [0.2, 0.25) is 0 Å². The molecule has 2 nitrogen and oxygen atoms in total. The number of hydrogen-bond acceptors (Lipinski definition) is 2. The third-order valence-corrected chi connectivity index (χ3v) is 7.19. The highest BCUT2D eigenvalue weighted by Crippen LogP contribution is 2.41. The third kappa shape index (κ3) is 4.56. The van der Waals surface area contributed by atoms with E-state index in [0.717, 1.165) is 35.6 Å². The van der Waals surface area contributed by atoms with Gasteiger partial charge in [-0.2, -0.15) is 0 Å². The van der Waals surface area contributed by atoms with Gasteiger partial charge in [0.25, 0.3) is 0 Å². The highest BCUT2D eigenvalue weighted by Gasteiger charge is 2.28. The standard InChI is InChI=1S/C27H35FO2/c1-4-29-23-12-9-21(10-13-23)26-16-11-22(17-30-26)25-15-14-24(19(3)27(25)28)20-7-5-18(2)6-8-20/h9-10,12-15,18,20,22,26H,4-8,11,16-17H2,1-3H3. The van der Waals surface area contributed by atoms with Crippen molar-refractivity contribution >= 4 is 0 Å². The zero-order chi connectivity index (χ0) is 21.1. The molecule has 0 aromatic heterocycles. The summed E-state index contributed by atoms with van der Waals surface area (Å²) in [5.74, 6) is 2.37. The van der Waals surface area contributed by atoms with Crippen molar-refractivity contribution in [2.24, 2.45) is 5.92 Å². The molecule has 30 heavy (non-hydrogen) atoms. The van der Waals surface area contributed by atoms with E-state index in [2.05, 4.69) is 25.1 Å². The summed E-state index contributed by atoms with van der Waals surface area (Å²) in [6.07, 6.45) is 6.86. The van der Waals surface area contributed by atoms with Crippen LogP contribution < -0.4 is 4.74 Å². The minimum absolute atomic E-state index is 0.000704. The molecule has 2 atom stereocenters. The van der Waals surface area contributed by atoms with Gasteiger partial charge in [0.1, 0.15) is 11.6 Å². The van der Waals surface area contributed by atoms with Gasteiger partial charge in [0.05, 0.1) is 19.3 Å². The van der Waals surface area contributed by atoms with Crippen LogP contribution in [0.1, 0.15) is 92.6 Å². The lowest BCUT2D eigenvalue weighted by Crippen LogP contribution is -2.21. The summed E-state index contributed by atoms with van der Waals surface area (Å²) in [7, 11) is 0. The van der Waals surface area contributed by atoms with Crippen molar-refractivity contribution in [3.8, 4) is 5.75 Å². The number of halogens is 1. The molecule has 1 heterocycles. The molecule has 2 unspecified atom stereocenters. The Balaban J connectivity index is 1.41. The third-order valence-electron chi connectivity index (χ3n) is 7.19. The van der Waals surface area contributed by atoms with Gasteiger partial charge in [0.15, 0.2) is 0 Å². The molecule has 0 spiro atoms. The maximum Gasteiger partial charge on any atom is 0.129 e. The first kappa shape index (κ1) is 21.4. The SMILES string of the molecule is CCOc1ccc(C2CCC(c3ccc(C4CCC(C)CC4)c(C)c3F)CO2)cc1. The van der Waals surface area contributed by atoms with Crippen LogP contribution in [-0.4, -0.2) is 13.2 Å². The monoisotopic (exact) mass is 410 g/mol. The van der Waals surface area contributed by atoms with Gasteiger partial charge in [-0.25, -0.2) is 4.39 Å². The molecule has 2 aromatic rings. The Morgan fingerprint density at radius 3 is 2.20 bits per heavy atom. The van der Waals surface area contributed by atoms with Crippen molar-refractivity contribution < 1.29 is 13.9 Å². The molecule has 2 aliphatic rings. The summed E-state index contributed by atoms with van der Waals surface area (Å²) in [4.78, 5) is 0. The first-order valence-electron chi connectivity index (χ1n) is 11.7. The average molecular weight is 411 g/mol. The summed E-state index contributed by atoms with van der Waals surface area (Å²) >= 11 is 0. The van der Waals surface area contributed by atoms with E-state index in [1.807, 2.05) is 32.0 Å². The minimum Gasteiger partial charge on any atom is -0.494 e. The molecule has 1 saturated heterocycles. The average Bonchev–Trinajstić information content (AvgIpc) is 2.77. The predicted molar refractivity (Wildman–Crippen MR) is 120 cm³/mol. The second kappa shape index (κ2) is 9.51. The highest BCUT2D eigenvalue weighted by atomic mass is 19.1. The molecule has 0 N–H and O–H groups in total. The Labute approximate surface area is 180 Å². The summed E-state index contributed by atoms with van der Waals surface area (Å²) in [5, 5.41) is 0. The predicted octanol–water partition coefficient (Wildman–Crippen LogP) is 7.46. The van der Waals surface area contributed by atoms with Crippen LogP contribution in [0.5, 0.6) is 5.75 Å². The Morgan fingerprint density at radius 1 is 0.900 bits per heavy atom. The van der Waals surface area contributed by atoms with E-state index in [-0.39, 0.29) is 17.8 Å². The quantitative estimate of drug-likeness (QED) is 0.509. The second-order valence-corrected chi connectivity index (χ2v) is 9.24. The van der Waals surface area contributed by atoms with E-state index >= 15 is 4.39 Å². The van der Waals surface area contributed by atoms with Gasteiger partial charge in [-0.15, -0.1) is 0 Å². The fraction of sp³-hybridized carbons (Fsp3) is 0.556. The van der Waals surface area contributed by atoms with Crippen LogP contribution >= 0.6 is 0 Å². The Kier molecular flexibility index (Phi) is 6.77. The molecule has 1 saturated carbocycles. The van der Waals surface area contributed by atoms with Crippen LogP contribution in [0.3, 0.4) is 0 Å². The van der Waals surface area contributed by atoms with Gasteiger partial charge >= 0.3 is 0 Å². The first-order chi connectivity index (χ1) is 14.6. The first-order valence-corrected chi connectivity index (χ1v) is 11.7. The molecule has 0 bridgehead atoms. The van der Waals surface area contributed by atoms with E-state index in [4.69, 9.17) is 9.47 Å². The van der Waals surface area contributed by atoms with Crippen LogP contribution in [0, 0.1) is 18.7 Å². The van der Waals surface area contributed by atoms with Gasteiger partial charge in [-0.3, -0.25) is 0 Å². The summed E-state index contributed by atoms with van der Waals surface area (Å²) in [6, 6.07) is 12.4. The summed E-state index contributed by atoms with van der Waals surface area (Å²) in [6.45, 7) is 7.54. The minimum atomic E-state index is -0.000704. The second-order valence-electron chi connectivity index (χ2n) is 9.24. The zero-order valence-electron chi connectivity index (χ0n) is 18.6. The van der Waals surface area contributed by atoms with E-state index < -0.39 is 0 Å². The maximum absolute atomic E-state index is 15.3. The number of rotatable bonds is 5. The largest absolute Gasteiger partial charge is 0.494 e. The maximum atomic E-state index is 15.3. The van der Waals surface area contributed by atoms with Crippen molar-refractivity contribution in [1.29, 1.82) is 0 Å². The molecule has 1 aliphatic heterocycles. The molecule has 1 aliphatic carbocycles. The summed E-state index contributed by atoms with van der Waals surface area (Å²) in [5.41, 5.74) is 4.11. The Bertz CT molecular complexity index is 829. The molecule has 0 radical (unpaired) electrons. The molecule has 3 heteroatoms. The fourth-order valence-electron chi connectivity index (χ4n) is 5.25. The highest BCUT2D eigenvalue weighted by molar-refractivity contribution is 5.38. The smallest absolute Gasteiger partial charge is 0.129 e. The van der Waals surface area contributed by atoms with E-state index in [1.165, 1.54) is 36.8 Å². The van der Waals surface area contributed by atoms with Crippen molar-refractivity contribution in [3.05, 3.63) is 64.5 Å². The van der Waals surface area contributed by atoms with Crippen molar-refractivity contribution in [2.75, 3.05) is 13.2 Å². The molecule has 4 rings (SSSR count). The molecule has 162 valence electrons. The number of ether oxygens (including phenoxy) is 2. The number of hydrogen-bond donors (Lipinski definition) is 0. The van der Waals surface area contributed by atoms with Crippen LogP contribution in [-0.2, 0) is 4.74 Å². The van der Waals surface area contributed by atoms with Crippen LogP contribution in [0.25, 0.3) is 0 Å². The lowest BCUT2D eigenvalue weighted by atomic mass is 9.77. The normalized spacial score (nSPS) is 27.1. The van der Waals surface area contributed by atoms with Crippen molar-refractivity contribution in [3.63, 3.8) is 0 Å². The molecule has 0 amide bonds. The molecular weight excluding hydrogens is 375 g/mol. The van der Waals surface area contributed by atoms with Gasteiger partial charge in [-0.05, 0) is 85.8 Å². The van der Waals surface area contributed by atoms with Crippen LogP contribution in [0.4, 0.5) is 4.39 Å². The van der Waals surface area contributed by atoms with Crippen LogP contribution in [0.15, 0.2) is 36.4 Å². The van der Waals surface area contributed by atoms with Gasteiger partial charge < -0.3 is 9.47 Å². The topological polar surface area (TPSA) is 18.5 Å². The van der Waals surface area contributed by atoms with E-state index in [9.17, 15) is 0 Å². The van der Waals surface area contributed by atoms with E-state index in [1.54, 1.807) is 0 Å². The van der Waals surface area contributed by atoms with Gasteiger partial charge in [0, 0.05) is 5.92 Å². The fourth-order valence-corrected chi connectivity index (χ4v) is 5.25. The lowest BCUT2D eigenvalue weighted by Gasteiger charge is -2.31. The lowest BCUT2D eigenvalue weighted by molar-refractivity contribution is 0.00169. The summed E-state index contributed by atoms with van der Waals surface area (Å²) < 4.78 is 27.0. The van der Waals surface area contributed by atoms with E-state index in [0.29, 0.717) is 19.1 Å². The van der Waals surface area contributed by atoms with Crippen molar-refractivity contribution in [1.82, 2.24) is 0 Å².